The molecule has 0 aliphatic carbocycles. The Morgan fingerprint density at radius 3 is 2.11 bits per heavy atom. The Labute approximate surface area is 119 Å². The van der Waals surface area contributed by atoms with Gasteiger partial charge < -0.3 is 0 Å². The van der Waals surface area contributed by atoms with E-state index in [0.29, 0.717) is 0 Å². The van der Waals surface area contributed by atoms with Crippen LogP contribution in [0.25, 0.3) is 0 Å². The lowest BCUT2D eigenvalue weighted by molar-refractivity contribution is 0.557. The molecule has 0 saturated heterocycles. The van der Waals surface area contributed by atoms with Gasteiger partial charge in [0.15, 0.2) is 0 Å². The summed E-state index contributed by atoms with van der Waals surface area (Å²) in [6.45, 7) is 2.28. The van der Waals surface area contributed by atoms with E-state index in [4.69, 9.17) is 0 Å². The third kappa shape index (κ3) is 9.58. The van der Waals surface area contributed by atoms with E-state index in [0.717, 1.165) is 5.70 Å². The summed E-state index contributed by atoms with van der Waals surface area (Å²) in [6, 6.07) is 0. The standard InChI is InChI=1S/C18H30N/c1-2-3-4-5-6-7-8-9-10-11-12-13-15-18-16-14-17-19-18/h13-17H,2-12H2,1H3. The van der Waals surface area contributed by atoms with Crippen molar-refractivity contribution >= 4 is 0 Å². The van der Waals surface area contributed by atoms with Gasteiger partial charge in [0.1, 0.15) is 0 Å². The van der Waals surface area contributed by atoms with Crippen LogP contribution in [-0.2, 0) is 0 Å². The molecule has 0 unspecified atom stereocenters. The van der Waals surface area contributed by atoms with Crippen LogP contribution in [0.3, 0.4) is 0 Å². The van der Waals surface area contributed by atoms with E-state index < -0.39 is 0 Å². The Bertz CT molecular complexity index is 286. The predicted molar refractivity (Wildman–Crippen MR) is 85.0 cm³/mol. The second-order valence-corrected chi connectivity index (χ2v) is 5.44. The molecule has 1 nitrogen and oxygen atoms in total. The molecule has 1 heteroatoms. The van der Waals surface area contributed by atoms with E-state index in [9.17, 15) is 0 Å². The predicted octanol–water partition coefficient (Wildman–Crippen LogP) is 5.87. The summed E-state index contributed by atoms with van der Waals surface area (Å²) in [5.41, 5.74) is 1.09. The summed E-state index contributed by atoms with van der Waals surface area (Å²) < 4.78 is 0. The summed E-state index contributed by atoms with van der Waals surface area (Å²) in [5, 5.41) is 4.22. The van der Waals surface area contributed by atoms with E-state index in [1.807, 2.05) is 12.3 Å². The Hall–Kier alpha value is -0.980. The molecule has 1 heterocycles. The highest BCUT2D eigenvalue weighted by atomic mass is 14.9. The third-order valence-corrected chi connectivity index (χ3v) is 3.59. The van der Waals surface area contributed by atoms with Crippen molar-refractivity contribution in [3.63, 3.8) is 0 Å². The van der Waals surface area contributed by atoms with Crippen molar-refractivity contribution in [2.45, 2.75) is 77.6 Å². The van der Waals surface area contributed by atoms with Crippen molar-refractivity contribution in [2.75, 3.05) is 0 Å². The summed E-state index contributed by atoms with van der Waals surface area (Å²) >= 11 is 0. The maximum Gasteiger partial charge on any atom is 0.0626 e. The topological polar surface area (TPSA) is 14.1 Å². The normalized spacial score (nSPS) is 14.1. The Morgan fingerprint density at radius 2 is 1.53 bits per heavy atom. The van der Waals surface area contributed by atoms with Crippen LogP contribution in [-0.4, -0.2) is 0 Å². The van der Waals surface area contributed by atoms with E-state index >= 15 is 0 Å². The molecular formula is C18H30N. The minimum absolute atomic E-state index is 1.09. The van der Waals surface area contributed by atoms with E-state index in [1.165, 1.54) is 70.6 Å². The Balaban J connectivity index is 1.76. The summed E-state index contributed by atoms with van der Waals surface area (Å²) in [5.74, 6) is 0. The molecule has 0 atom stereocenters. The Kier molecular flexibility index (Phi) is 10.2. The first-order chi connectivity index (χ1) is 9.43. The van der Waals surface area contributed by atoms with Gasteiger partial charge in [-0.3, -0.25) is 5.32 Å². The molecule has 0 saturated carbocycles. The van der Waals surface area contributed by atoms with Gasteiger partial charge in [0.05, 0.1) is 5.70 Å². The van der Waals surface area contributed by atoms with Gasteiger partial charge in [-0.2, -0.15) is 0 Å². The lowest BCUT2D eigenvalue weighted by Gasteiger charge is -2.01. The number of unbranched alkanes of at least 4 members (excludes halogenated alkanes) is 10. The van der Waals surface area contributed by atoms with Crippen LogP contribution in [0.1, 0.15) is 77.6 Å². The first-order valence-corrected chi connectivity index (χ1v) is 8.17. The average Bonchev–Trinajstić information content (AvgIpc) is 2.93. The molecule has 0 N–H and O–H groups in total. The van der Waals surface area contributed by atoms with Crippen molar-refractivity contribution in [2.24, 2.45) is 0 Å². The monoisotopic (exact) mass is 260 g/mol. The fraction of sp³-hybridized carbons (Fsp3) is 0.667. The van der Waals surface area contributed by atoms with Gasteiger partial charge in [0, 0.05) is 6.20 Å². The molecule has 1 aliphatic heterocycles. The smallest absolute Gasteiger partial charge is 0.0626 e. The largest absolute Gasteiger partial charge is 0.257 e. The minimum Gasteiger partial charge on any atom is -0.257 e. The number of rotatable bonds is 12. The Morgan fingerprint density at radius 1 is 0.895 bits per heavy atom. The van der Waals surface area contributed by atoms with Crippen molar-refractivity contribution in [1.29, 1.82) is 0 Å². The quantitative estimate of drug-likeness (QED) is 0.390. The molecule has 19 heavy (non-hydrogen) atoms. The van der Waals surface area contributed by atoms with Gasteiger partial charge in [-0.15, -0.1) is 0 Å². The summed E-state index contributed by atoms with van der Waals surface area (Å²) in [7, 11) is 0. The molecule has 0 spiro atoms. The van der Waals surface area contributed by atoms with Gasteiger partial charge in [-0.25, -0.2) is 0 Å². The fourth-order valence-electron chi connectivity index (χ4n) is 2.37. The third-order valence-electron chi connectivity index (χ3n) is 3.59. The zero-order chi connectivity index (χ0) is 13.6. The van der Waals surface area contributed by atoms with E-state index in [2.05, 4.69) is 30.5 Å². The second kappa shape index (κ2) is 12.1. The van der Waals surface area contributed by atoms with E-state index in [1.54, 1.807) is 0 Å². The SMILES string of the molecule is CCCCCCCCCCCCC=CC1=CC=C[N]1. The van der Waals surface area contributed by atoms with Gasteiger partial charge in [0.2, 0.25) is 0 Å². The average molecular weight is 260 g/mol. The maximum atomic E-state index is 4.22. The van der Waals surface area contributed by atoms with Crippen LogP contribution in [0.4, 0.5) is 0 Å². The highest BCUT2D eigenvalue weighted by Crippen LogP contribution is 2.11. The number of hydrogen-bond donors (Lipinski definition) is 0. The molecule has 107 valence electrons. The molecule has 1 aliphatic rings. The van der Waals surface area contributed by atoms with Crippen LogP contribution < -0.4 is 5.32 Å². The zero-order valence-electron chi connectivity index (χ0n) is 12.6. The van der Waals surface area contributed by atoms with Crippen molar-refractivity contribution in [3.8, 4) is 0 Å². The van der Waals surface area contributed by atoms with Gasteiger partial charge in [0.25, 0.3) is 0 Å². The van der Waals surface area contributed by atoms with E-state index in [-0.39, 0.29) is 0 Å². The number of nitrogens with zero attached hydrogens (tertiary/aromatic N) is 1. The molecule has 0 fully saturated rings. The molecule has 0 aromatic heterocycles. The zero-order valence-corrected chi connectivity index (χ0v) is 12.6. The number of allylic oxidation sites excluding steroid dienone is 4. The van der Waals surface area contributed by atoms with Crippen molar-refractivity contribution in [1.82, 2.24) is 5.32 Å². The van der Waals surface area contributed by atoms with Crippen LogP contribution in [0.5, 0.6) is 0 Å². The van der Waals surface area contributed by atoms with Crippen LogP contribution in [0.15, 0.2) is 36.2 Å². The lowest BCUT2D eigenvalue weighted by Crippen LogP contribution is -1.86. The van der Waals surface area contributed by atoms with Crippen molar-refractivity contribution < 1.29 is 0 Å². The maximum absolute atomic E-state index is 4.22. The molecule has 0 aromatic carbocycles. The minimum atomic E-state index is 1.09. The first kappa shape index (κ1) is 16.1. The van der Waals surface area contributed by atoms with Gasteiger partial charge in [-0.1, -0.05) is 70.8 Å². The lowest BCUT2D eigenvalue weighted by atomic mass is 10.1. The molecule has 1 rings (SSSR count). The molecule has 0 bridgehead atoms. The van der Waals surface area contributed by atoms with Gasteiger partial charge >= 0.3 is 0 Å². The highest BCUT2D eigenvalue weighted by Gasteiger charge is 1.94. The summed E-state index contributed by atoms with van der Waals surface area (Å²) in [6.07, 6.45) is 25.6. The highest BCUT2D eigenvalue weighted by molar-refractivity contribution is 5.28. The van der Waals surface area contributed by atoms with Crippen LogP contribution >= 0.6 is 0 Å². The molecule has 0 amide bonds. The van der Waals surface area contributed by atoms with Crippen LogP contribution in [0, 0.1) is 0 Å². The van der Waals surface area contributed by atoms with Crippen LogP contribution in [0.2, 0.25) is 0 Å². The van der Waals surface area contributed by atoms with Gasteiger partial charge in [-0.05, 0) is 31.1 Å². The molecule has 1 radical (unpaired) electrons. The first-order valence-electron chi connectivity index (χ1n) is 8.17. The number of hydrogen-bond acceptors (Lipinski definition) is 0. The molecule has 0 aromatic rings. The fourth-order valence-corrected chi connectivity index (χ4v) is 2.37. The van der Waals surface area contributed by atoms with Crippen molar-refractivity contribution in [3.05, 3.63) is 36.2 Å². The summed E-state index contributed by atoms with van der Waals surface area (Å²) in [4.78, 5) is 0. The second-order valence-electron chi connectivity index (χ2n) is 5.44. The molecular weight excluding hydrogens is 230 g/mol.